The highest BCUT2D eigenvalue weighted by Crippen LogP contribution is 2.34. The first-order valence-electron chi connectivity index (χ1n) is 9.51. The lowest BCUT2D eigenvalue weighted by Gasteiger charge is -2.10. The maximum absolute atomic E-state index is 6.13. The summed E-state index contributed by atoms with van der Waals surface area (Å²) in [5.74, 6) is 0. The number of nitrogens with one attached hydrogen (secondary N) is 1. The normalized spacial score (nSPS) is 11.4. The lowest BCUT2D eigenvalue weighted by atomic mass is 9.99. The first-order chi connectivity index (χ1) is 11.8. The van der Waals surface area contributed by atoms with E-state index in [1.54, 1.807) is 0 Å². The highest BCUT2D eigenvalue weighted by Gasteiger charge is 2.12. The molecule has 0 unspecified atom stereocenters. The monoisotopic (exact) mass is 323 g/mol. The summed E-state index contributed by atoms with van der Waals surface area (Å²) in [4.78, 5) is 0. The molecule has 24 heavy (non-hydrogen) atoms. The maximum atomic E-state index is 6.13. The minimum Gasteiger partial charge on any atom is -0.456 e. The van der Waals surface area contributed by atoms with Gasteiger partial charge in [-0.25, -0.2) is 0 Å². The lowest BCUT2D eigenvalue weighted by molar-refractivity contribution is 0.663. The predicted molar refractivity (Wildman–Crippen MR) is 105 cm³/mol. The van der Waals surface area contributed by atoms with Crippen LogP contribution in [0.15, 0.2) is 40.8 Å². The van der Waals surface area contributed by atoms with Gasteiger partial charge in [0.1, 0.15) is 11.2 Å². The van der Waals surface area contributed by atoms with Gasteiger partial charge < -0.3 is 9.73 Å². The van der Waals surface area contributed by atoms with Crippen LogP contribution in [0.25, 0.3) is 21.9 Å². The van der Waals surface area contributed by atoms with Crippen molar-refractivity contribution in [2.24, 2.45) is 0 Å². The van der Waals surface area contributed by atoms with Crippen molar-refractivity contribution in [2.75, 3.05) is 11.9 Å². The summed E-state index contributed by atoms with van der Waals surface area (Å²) in [5, 5.41) is 6.12. The molecule has 0 aliphatic carbocycles. The summed E-state index contributed by atoms with van der Waals surface area (Å²) in [7, 11) is 0. The molecule has 0 saturated heterocycles. The molecular formula is C22H29NO. The standard InChI is InChI=1S/C22H29NO/c1-3-5-7-8-11-17-15-18(23-14-6-4-2)16-21-22(17)19-12-9-10-13-20(19)24-21/h9-10,12-13,15-16,23H,3-8,11,14H2,1-2H3. The van der Waals surface area contributed by atoms with E-state index in [4.69, 9.17) is 4.42 Å². The number of benzene rings is 2. The van der Waals surface area contributed by atoms with Crippen LogP contribution in [0.4, 0.5) is 5.69 Å². The molecule has 3 rings (SSSR count). The average molecular weight is 323 g/mol. The van der Waals surface area contributed by atoms with Gasteiger partial charge in [0, 0.05) is 29.1 Å². The van der Waals surface area contributed by atoms with Crippen molar-refractivity contribution in [2.45, 2.75) is 58.8 Å². The zero-order chi connectivity index (χ0) is 16.8. The molecule has 128 valence electrons. The molecule has 1 heterocycles. The van der Waals surface area contributed by atoms with Gasteiger partial charge in [0.05, 0.1) is 0 Å². The van der Waals surface area contributed by atoms with Crippen molar-refractivity contribution < 1.29 is 4.42 Å². The molecule has 0 amide bonds. The molecule has 3 aromatic rings. The van der Waals surface area contributed by atoms with E-state index >= 15 is 0 Å². The van der Waals surface area contributed by atoms with Crippen LogP contribution < -0.4 is 5.32 Å². The lowest BCUT2D eigenvalue weighted by Crippen LogP contribution is -2.01. The molecule has 0 aliphatic heterocycles. The van der Waals surface area contributed by atoms with E-state index in [0.29, 0.717) is 0 Å². The van der Waals surface area contributed by atoms with Crippen molar-refractivity contribution in [3.63, 3.8) is 0 Å². The molecule has 0 atom stereocenters. The minimum atomic E-state index is 0.994. The van der Waals surface area contributed by atoms with Gasteiger partial charge in [0.15, 0.2) is 0 Å². The number of furan rings is 1. The second-order valence-corrected chi connectivity index (χ2v) is 6.70. The zero-order valence-electron chi connectivity index (χ0n) is 15.0. The fourth-order valence-electron chi connectivity index (χ4n) is 3.39. The molecule has 0 fully saturated rings. The second kappa shape index (κ2) is 8.23. The van der Waals surface area contributed by atoms with Crippen LogP contribution in [-0.2, 0) is 6.42 Å². The number of anilines is 1. The van der Waals surface area contributed by atoms with Gasteiger partial charge in [-0.15, -0.1) is 0 Å². The number of hydrogen-bond donors (Lipinski definition) is 1. The quantitative estimate of drug-likeness (QED) is 0.432. The van der Waals surface area contributed by atoms with Gasteiger partial charge in [-0.2, -0.15) is 0 Å². The predicted octanol–water partition coefficient (Wildman–Crippen LogP) is 6.92. The molecule has 2 heteroatoms. The summed E-state index contributed by atoms with van der Waals surface area (Å²) in [6, 6.07) is 12.9. The van der Waals surface area contributed by atoms with Crippen molar-refractivity contribution in [1.82, 2.24) is 0 Å². The van der Waals surface area contributed by atoms with Gasteiger partial charge in [-0.05, 0) is 37.0 Å². The number of aryl methyl sites for hydroxylation is 1. The van der Waals surface area contributed by atoms with E-state index in [2.05, 4.69) is 49.5 Å². The molecule has 1 N–H and O–H groups in total. The third-order valence-electron chi connectivity index (χ3n) is 4.72. The van der Waals surface area contributed by atoms with E-state index in [0.717, 1.165) is 24.1 Å². The van der Waals surface area contributed by atoms with Gasteiger partial charge >= 0.3 is 0 Å². The highest BCUT2D eigenvalue weighted by atomic mass is 16.3. The van der Waals surface area contributed by atoms with Crippen molar-refractivity contribution >= 4 is 27.6 Å². The van der Waals surface area contributed by atoms with Gasteiger partial charge in [0.2, 0.25) is 0 Å². The topological polar surface area (TPSA) is 25.2 Å². The minimum absolute atomic E-state index is 0.994. The van der Waals surface area contributed by atoms with E-state index in [1.165, 1.54) is 60.5 Å². The Hall–Kier alpha value is -1.96. The molecule has 1 aromatic heterocycles. The molecule has 0 aliphatic rings. The third-order valence-corrected chi connectivity index (χ3v) is 4.72. The Morgan fingerprint density at radius 1 is 0.875 bits per heavy atom. The van der Waals surface area contributed by atoms with Crippen molar-refractivity contribution in [3.05, 3.63) is 42.0 Å². The molecule has 2 nitrogen and oxygen atoms in total. The Kier molecular flexibility index (Phi) is 5.79. The fourth-order valence-corrected chi connectivity index (χ4v) is 3.39. The van der Waals surface area contributed by atoms with Crippen molar-refractivity contribution in [3.8, 4) is 0 Å². The molecule has 0 spiro atoms. The number of rotatable bonds is 9. The van der Waals surface area contributed by atoms with Crippen molar-refractivity contribution in [1.29, 1.82) is 0 Å². The largest absolute Gasteiger partial charge is 0.456 e. The summed E-state index contributed by atoms with van der Waals surface area (Å²) < 4.78 is 6.13. The summed E-state index contributed by atoms with van der Waals surface area (Å²) in [6.07, 6.45) is 8.70. The van der Waals surface area contributed by atoms with Gasteiger partial charge in [0.25, 0.3) is 0 Å². The fraction of sp³-hybridized carbons (Fsp3) is 0.455. The SMILES string of the molecule is CCCCCCc1cc(NCCCC)cc2oc3ccccc3c12. The molecule has 0 saturated carbocycles. The second-order valence-electron chi connectivity index (χ2n) is 6.70. The maximum Gasteiger partial charge on any atom is 0.137 e. The van der Waals surface area contributed by atoms with Crippen LogP contribution in [0.2, 0.25) is 0 Å². The van der Waals surface area contributed by atoms with Crippen LogP contribution in [-0.4, -0.2) is 6.54 Å². The Morgan fingerprint density at radius 2 is 1.71 bits per heavy atom. The molecule has 2 aromatic carbocycles. The van der Waals surface area contributed by atoms with E-state index in [9.17, 15) is 0 Å². The van der Waals surface area contributed by atoms with E-state index in [1.807, 2.05) is 6.07 Å². The smallest absolute Gasteiger partial charge is 0.137 e. The first-order valence-corrected chi connectivity index (χ1v) is 9.51. The number of para-hydroxylation sites is 1. The van der Waals surface area contributed by atoms with Crippen LogP contribution in [0.3, 0.4) is 0 Å². The summed E-state index contributed by atoms with van der Waals surface area (Å²) in [6.45, 7) is 5.51. The molecule has 0 radical (unpaired) electrons. The van der Waals surface area contributed by atoms with E-state index in [-0.39, 0.29) is 0 Å². The van der Waals surface area contributed by atoms with Crippen LogP contribution in [0, 0.1) is 0 Å². The van der Waals surface area contributed by atoms with Crippen LogP contribution in [0.5, 0.6) is 0 Å². The van der Waals surface area contributed by atoms with Gasteiger partial charge in [-0.1, -0.05) is 57.7 Å². The zero-order valence-corrected chi connectivity index (χ0v) is 15.0. The summed E-state index contributed by atoms with van der Waals surface area (Å²) in [5.41, 5.74) is 4.63. The Morgan fingerprint density at radius 3 is 2.54 bits per heavy atom. The van der Waals surface area contributed by atoms with Gasteiger partial charge in [-0.3, -0.25) is 0 Å². The number of hydrogen-bond acceptors (Lipinski definition) is 2. The van der Waals surface area contributed by atoms with Crippen LogP contribution in [0.1, 0.15) is 57.9 Å². The number of unbranched alkanes of at least 4 members (excludes halogenated alkanes) is 4. The third kappa shape index (κ3) is 3.75. The average Bonchev–Trinajstić information content (AvgIpc) is 2.97. The Labute approximate surface area is 145 Å². The highest BCUT2D eigenvalue weighted by molar-refractivity contribution is 6.07. The summed E-state index contributed by atoms with van der Waals surface area (Å²) >= 11 is 0. The Bertz CT molecular complexity index is 787. The first kappa shape index (κ1) is 16.9. The molecular weight excluding hydrogens is 294 g/mol. The van der Waals surface area contributed by atoms with Crippen LogP contribution >= 0.6 is 0 Å². The number of fused-ring (bicyclic) bond motifs is 3. The Balaban J connectivity index is 1.95. The van der Waals surface area contributed by atoms with E-state index < -0.39 is 0 Å². The molecule has 0 bridgehead atoms.